The maximum atomic E-state index is 13.4. The van der Waals surface area contributed by atoms with Crippen LogP contribution in [0.2, 0.25) is 0 Å². The quantitative estimate of drug-likeness (QED) is 0.866. The molecule has 2 atom stereocenters. The molecule has 1 saturated carbocycles. The second-order valence-corrected chi connectivity index (χ2v) is 6.16. The molecule has 2 aliphatic rings. The highest BCUT2D eigenvalue weighted by Crippen LogP contribution is 2.38. The number of benzene rings is 1. The minimum absolute atomic E-state index is 0.331. The Labute approximate surface area is 124 Å². The molecule has 0 radical (unpaired) electrons. The first kappa shape index (κ1) is 14.3. The minimum atomic E-state index is -1.01. The van der Waals surface area contributed by atoms with E-state index in [0.717, 1.165) is 43.1 Å². The number of fused-ring (bicyclic) bond motifs is 1. The van der Waals surface area contributed by atoms with Crippen LogP contribution in [-0.2, 0) is 11.3 Å². The smallest absolute Gasteiger partial charge is 0.328 e. The zero-order valence-electron chi connectivity index (χ0n) is 12.0. The van der Waals surface area contributed by atoms with Crippen LogP contribution in [0.3, 0.4) is 0 Å². The van der Waals surface area contributed by atoms with E-state index >= 15 is 0 Å². The van der Waals surface area contributed by atoms with Crippen molar-refractivity contribution in [2.24, 2.45) is 11.8 Å². The van der Waals surface area contributed by atoms with Gasteiger partial charge in [0.2, 0.25) is 0 Å². The number of likely N-dealkylation sites (tertiary alicyclic amines) is 1. The van der Waals surface area contributed by atoms with Gasteiger partial charge in [-0.1, -0.05) is 12.5 Å². The number of aliphatic carboxylic acids is 1. The highest BCUT2D eigenvalue weighted by Gasteiger charge is 2.35. The molecule has 0 bridgehead atoms. The Hall–Kier alpha value is -1.68. The second kappa shape index (κ2) is 5.98. The molecule has 3 rings (SSSR count). The largest absolute Gasteiger partial charge is 0.478 e. The summed E-state index contributed by atoms with van der Waals surface area (Å²) in [6.07, 6.45) is 6.56. The fraction of sp³-hybridized carbons (Fsp3) is 0.471. The fourth-order valence-corrected chi connectivity index (χ4v) is 3.73. The van der Waals surface area contributed by atoms with E-state index in [4.69, 9.17) is 5.11 Å². The molecule has 1 aliphatic heterocycles. The molecule has 1 heterocycles. The second-order valence-electron chi connectivity index (χ2n) is 6.16. The van der Waals surface area contributed by atoms with Crippen molar-refractivity contribution >= 4 is 12.0 Å². The maximum Gasteiger partial charge on any atom is 0.328 e. The Balaban J connectivity index is 1.74. The molecule has 2 fully saturated rings. The Morgan fingerprint density at radius 2 is 2.05 bits per heavy atom. The van der Waals surface area contributed by atoms with Crippen molar-refractivity contribution in [3.63, 3.8) is 0 Å². The number of hydrogen-bond donors (Lipinski definition) is 1. The van der Waals surface area contributed by atoms with Crippen LogP contribution in [0.15, 0.2) is 24.3 Å². The summed E-state index contributed by atoms with van der Waals surface area (Å²) in [5.41, 5.74) is 1.66. The molecule has 4 heteroatoms. The highest BCUT2D eigenvalue weighted by molar-refractivity contribution is 5.85. The summed E-state index contributed by atoms with van der Waals surface area (Å²) in [5, 5.41) is 8.74. The molecule has 2 unspecified atom stereocenters. The van der Waals surface area contributed by atoms with Gasteiger partial charge in [0.05, 0.1) is 0 Å². The molecule has 3 nitrogen and oxygen atoms in total. The van der Waals surface area contributed by atoms with Crippen LogP contribution >= 0.6 is 0 Å². The summed E-state index contributed by atoms with van der Waals surface area (Å²) in [4.78, 5) is 13.1. The average molecular weight is 289 g/mol. The van der Waals surface area contributed by atoms with Crippen LogP contribution in [0.5, 0.6) is 0 Å². The van der Waals surface area contributed by atoms with Crippen LogP contribution in [0, 0.1) is 17.7 Å². The van der Waals surface area contributed by atoms with Crippen LogP contribution in [0.25, 0.3) is 6.08 Å². The zero-order valence-corrected chi connectivity index (χ0v) is 12.0. The number of hydrogen-bond acceptors (Lipinski definition) is 2. The van der Waals surface area contributed by atoms with Gasteiger partial charge in [-0.3, -0.25) is 4.90 Å². The summed E-state index contributed by atoms with van der Waals surface area (Å²) >= 11 is 0. The van der Waals surface area contributed by atoms with Gasteiger partial charge in [-0.25, -0.2) is 9.18 Å². The molecule has 1 saturated heterocycles. The van der Waals surface area contributed by atoms with E-state index in [9.17, 15) is 9.18 Å². The number of carbonyl (C=O) groups is 1. The van der Waals surface area contributed by atoms with E-state index in [2.05, 4.69) is 4.90 Å². The summed E-state index contributed by atoms with van der Waals surface area (Å²) in [6.45, 7) is 3.00. The van der Waals surface area contributed by atoms with Crippen molar-refractivity contribution in [1.82, 2.24) is 4.90 Å². The number of carboxylic acids is 1. The van der Waals surface area contributed by atoms with E-state index < -0.39 is 5.97 Å². The van der Waals surface area contributed by atoms with Gasteiger partial charge in [0.1, 0.15) is 5.82 Å². The van der Waals surface area contributed by atoms with Crippen molar-refractivity contribution in [1.29, 1.82) is 0 Å². The predicted octanol–water partition coefficient (Wildman–Crippen LogP) is 3.16. The lowest BCUT2D eigenvalue weighted by molar-refractivity contribution is -0.131. The molecule has 1 aromatic rings. The predicted molar refractivity (Wildman–Crippen MR) is 79.2 cm³/mol. The number of carboxylic acid groups (broad SMARTS) is 1. The third kappa shape index (κ3) is 3.32. The zero-order chi connectivity index (χ0) is 14.8. The third-order valence-electron chi connectivity index (χ3n) is 4.71. The van der Waals surface area contributed by atoms with Crippen LogP contribution in [-0.4, -0.2) is 29.1 Å². The molecular formula is C17H20FNO2. The Bertz CT molecular complexity index is 558. The lowest BCUT2D eigenvalue weighted by Crippen LogP contribution is -2.21. The molecule has 21 heavy (non-hydrogen) atoms. The maximum absolute atomic E-state index is 13.4. The van der Waals surface area contributed by atoms with Gasteiger partial charge < -0.3 is 5.11 Å². The molecule has 112 valence electrons. The van der Waals surface area contributed by atoms with Crippen LogP contribution in [0.4, 0.5) is 4.39 Å². The monoisotopic (exact) mass is 289 g/mol. The van der Waals surface area contributed by atoms with Crippen molar-refractivity contribution < 1.29 is 14.3 Å². The van der Waals surface area contributed by atoms with Crippen molar-refractivity contribution in [3.8, 4) is 0 Å². The van der Waals surface area contributed by atoms with Crippen molar-refractivity contribution in [3.05, 3.63) is 41.2 Å². The fourth-order valence-electron chi connectivity index (χ4n) is 3.73. The molecule has 0 spiro atoms. The minimum Gasteiger partial charge on any atom is -0.478 e. The molecule has 1 N–H and O–H groups in total. The highest BCUT2D eigenvalue weighted by atomic mass is 19.1. The first-order chi connectivity index (χ1) is 10.1. The third-order valence-corrected chi connectivity index (χ3v) is 4.71. The standard InChI is InChI=1S/C17H20FNO2/c18-16-6-4-15(12(8-16)5-7-17(20)21)11-19-9-13-2-1-3-14(13)10-19/h4-8,13-14H,1-3,9-11H2,(H,20,21)/b7-5+. The normalized spacial score (nSPS) is 25.6. The van der Waals surface area contributed by atoms with Gasteiger partial charge in [-0.15, -0.1) is 0 Å². The van der Waals surface area contributed by atoms with Gasteiger partial charge in [0, 0.05) is 25.7 Å². The number of rotatable bonds is 4. The topological polar surface area (TPSA) is 40.5 Å². The SMILES string of the molecule is O=C(O)/C=C/c1cc(F)ccc1CN1CC2CCCC2C1. The van der Waals surface area contributed by atoms with Gasteiger partial charge in [0.15, 0.2) is 0 Å². The molecule has 1 aliphatic carbocycles. The summed E-state index contributed by atoms with van der Waals surface area (Å²) < 4.78 is 13.4. The molecule has 0 amide bonds. The molecule has 0 aromatic heterocycles. The Kier molecular flexibility index (Phi) is 4.06. The average Bonchev–Trinajstić information content (AvgIpc) is 2.99. The van der Waals surface area contributed by atoms with E-state index in [0.29, 0.717) is 5.56 Å². The van der Waals surface area contributed by atoms with Crippen LogP contribution in [0.1, 0.15) is 30.4 Å². The van der Waals surface area contributed by atoms with Gasteiger partial charge in [-0.2, -0.15) is 0 Å². The molecule has 1 aromatic carbocycles. The molecular weight excluding hydrogens is 269 g/mol. The van der Waals surface area contributed by atoms with E-state index in [1.54, 1.807) is 6.07 Å². The Morgan fingerprint density at radius 3 is 2.71 bits per heavy atom. The summed E-state index contributed by atoms with van der Waals surface area (Å²) in [7, 11) is 0. The number of halogens is 1. The lowest BCUT2D eigenvalue weighted by Gasteiger charge is -2.18. The lowest BCUT2D eigenvalue weighted by atomic mass is 10.0. The number of nitrogens with zero attached hydrogens (tertiary/aromatic N) is 1. The van der Waals surface area contributed by atoms with Crippen molar-refractivity contribution in [2.45, 2.75) is 25.8 Å². The first-order valence-corrected chi connectivity index (χ1v) is 7.53. The van der Waals surface area contributed by atoms with Gasteiger partial charge >= 0.3 is 5.97 Å². The Morgan fingerprint density at radius 1 is 1.33 bits per heavy atom. The van der Waals surface area contributed by atoms with E-state index in [-0.39, 0.29) is 5.82 Å². The summed E-state index contributed by atoms with van der Waals surface area (Å²) in [6, 6.07) is 4.63. The van der Waals surface area contributed by atoms with Gasteiger partial charge in [-0.05, 0) is 54.0 Å². The van der Waals surface area contributed by atoms with E-state index in [1.807, 2.05) is 0 Å². The first-order valence-electron chi connectivity index (χ1n) is 7.53. The van der Waals surface area contributed by atoms with E-state index in [1.165, 1.54) is 37.5 Å². The van der Waals surface area contributed by atoms with Gasteiger partial charge in [0.25, 0.3) is 0 Å². The van der Waals surface area contributed by atoms with Crippen molar-refractivity contribution in [2.75, 3.05) is 13.1 Å². The summed E-state index contributed by atoms with van der Waals surface area (Å²) in [5.74, 6) is 0.301. The van der Waals surface area contributed by atoms with Crippen LogP contribution < -0.4 is 0 Å².